The Hall–Kier alpha value is -0.0800. The lowest BCUT2D eigenvalue weighted by molar-refractivity contribution is -0.203. The van der Waals surface area contributed by atoms with Gasteiger partial charge in [0.1, 0.15) is 0 Å². The molecule has 1 heterocycles. The zero-order valence-corrected chi connectivity index (χ0v) is 8.50. The lowest BCUT2D eigenvalue weighted by atomic mass is 10.1. The molecular weight excluding hydrogens is 164 g/mol. The summed E-state index contributed by atoms with van der Waals surface area (Å²) in [6.45, 7) is 9.29. The fourth-order valence-corrected chi connectivity index (χ4v) is 1.52. The molecule has 1 rings (SSSR count). The smallest absolute Gasteiger partial charge is 0.157 e. The average molecular weight is 184 g/mol. The van der Waals surface area contributed by atoms with E-state index in [-0.39, 0.29) is 6.29 Å². The van der Waals surface area contributed by atoms with E-state index in [0.29, 0.717) is 5.92 Å². The first kappa shape index (κ1) is 11.0. The molecule has 2 radical (unpaired) electrons. The molecule has 0 aromatic carbocycles. The second kappa shape index (κ2) is 6.39. The van der Waals surface area contributed by atoms with Crippen molar-refractivity contribution in [3.8, 4) is 0 Å². The summed E-state index contributed by atoms with van der Waals surface area (Å²) in [5.41, 5.74) is 0. The molecule has 0 aliphatic carbocycles. The maximum atomic E-state index is 5.57. The largest absolute Gasteiger partial charge is 0.352 e. The summed E-state index contributed by atoms with van der Waals surface area (Å²) in [7, 11) is 0. The van der Waals surface area contributed by atoms with Gasteiger partial charge in [-0.05, 0) is 32.6 Å². The van der Waals surface area contributed by atoms with E-state index >= 15 is 0 Å². The van der Waals surface area contributed by atoms with Gasteiger partial charge in [-0.1, -0.05) is 13.3 Å². The first-order valence-electron chi connectivity index (χ1n) is 5.30. The number of unbranched alkanes of at least 4 members (excludes halogenated alkanes) is 1. The van der Waals surface area contributed by atoms with Crippen molar-refractivity contribution in [1.29, 1.82) is 0 Å². The third-order valence-corrected chi connectivity index (χ3v) is 2.40. The molecule has 76 valence electrons. The molecular formula is C11H20O2. The Kier molecular flexibility index (Phi) is 5.40. The molecule has 0 aromatic rings. The molecule has 13 heavy (non-hydrogen) atoms. The van der Waals surface area contributed by atoms with Crippen LogP contribution >= 0.6 is 0 Å². The third kappa shape index (κ3) is 4.10. The fraction of sp³-hybridized carbons (Fsp3) is 0.909. The molecule has 0 amide bonds. The summed E-state index contributed by atoms with van der Waals surface area (Å²) >= 11 is 0. The van der Waals surface area contributed by atoms with Crippen LogP contribution in [0.3, 0.4) is 0 Å². The van der Waals surface area contributed by atoms with Gasteiger partial charge < -0.3 is 9.47 Å². The molecule has 0 saturated carbocycles. The normalized spacial score (nSPS) is 29.1. The van der Waals surface area contributed by atoms with Crippen LogP contribution in [0.1, 0.15) is 39.0 Å². The van der Waals surface area contributed by atoms with Crippen molar-refractivity contribution in [3.05, 3.63) is 6.92 Å². The summed E-state index contributed by atoms with van der Waals surface area (Å²) in [6, 6.07) is 0. The van der Waals surface area contributed by atoms with Crippen molar-refractivity contribution in [2.24, 2.45) is 5.92 Å². The van der Waals surface area contributed by atoms with Crippen molar-refractivity contribution in [1.82, 2.24) is 0 Å². The summed E-state index contributed by atoms with van der Waals surface area (Å²) < 4.78 is 11.1. The zero-order valence-electron chi connectivity index (χ0n) is 8.50. The average Bonchev–Trinajstić information content (AvgIpc) is 2.17. The van der Waals surface area contributed by atoms with E-state index in [4.69, 9.17) is 16.4 Å². The van der Waals surface area contributed by atoms with Crippen LogP contribution in [-0.4, -0.2) is 19.5 Å². The number of ether oxygens (including phenoxy) is 2. The highest BCUT2D eigenvalue weighted by Crippen LogP contribution is 2.18. The first-order chi connectivity index (χ1) is 6.36. The maximum Gasteiger partial charge on any atom is 0.157 e. The molecule has 1 saturated heterocycles. The standard InChI is InChI=1S/C11H20O2/c1-3-5-7-11-12-8-10(6-4-2)9-13-11/h2,10-11H,3-9H2,1H3. The lowest BCUT2D eigenvalue weighted by Crippen LogP contribution is -2.31. The monoisotopic (exact) mass is 184 g/mol. The van der Waals surface area contributed by atoms with E-state index in [1.807, 2.05) is 0 Å². The van der Waals surface area contributed by atoms with Crippen molar-refractivity contribution in [2.45, 2.75) is 45.3 Å². The molecule has 2 nitrogen and oxygen atoms in total. The van der Waals surface area contributed by atoms with E-state index in [2.05, 4.69) is 6.92 Å². The van der Waals surface area contributed by atoms with E-state index in [9.17, 15) is 0 Å². The molecule has 0 spiro atoms. The van der Waals surface area contributed by atoms with Gasteiger partial charge in [0.05, 0.1) is 13.2 Å². The van der Waals surface area contributed by atoms with Crippen LogP contribution in [-0.2, 0) is 9.47 Å². The quantitative estimate of drug-likeness (QED) is 0.654. The minimum absolute atomic E-state index is 0.0500. The van der Waals surface area contributed by atoms with Crippen molar-refractivity contribution in [2.75, 3.05) is 13.2 Å². The van der Waals surface area contributed by atoms with Crippen LogP contribution in [0.15, 0.2) is 0 Å². The van der Waals surface area contributed by atoms with Crippen molar-refractivity contribution in [3.63, 3.8) is 0 Å². The number of hydrogen-bond donors (Lipinski definition) is 0. The second-order valence-corrected chi connectivity index (χ2v) is 3.68. The highest BCUT2D eigenvalue weighted by molar-refractivity contribution is 4.63. The molecule has 1 fully saturated rings. The van der Waals surface area contributed by atoms with Gasteiger partial charge in [-0.3, -0.25) is 0 Å². The highest BCUT2D eigenvalue weighted by atomic mass is 16.7. The SMILES string of the molecule is [CH]CCC1COC(CCCC)OC1. The summed E-state index contributed by atoms with van der Waals surface area (Å²) in [6.07, 6.45) is 5.22. The predicted octanol–water partition coefficient (Wildman–Crippen LogP) is 2.66. The van der Waals surface area contributed by atoms with Crippen LogP contribution in [0, 0.1) is 12.8 Å². The van der Waals surface area contributed by atoms with Gasteiger partial charge >= 0.3 is 0 Å². The van der Waals surface area contributed by atoms with Gasteiger partial charge in [-0.15, -0.1) is 0 Å². The van der Waals surface area contributed by atoms with Gasteiger partial charge in [0, 0.05) is 5.92 Å². The van der Waals surface area contributed by atoms with Crippen molar-refractivity contribution >= 4 is 0 Å². The zero-order chi connectivity index (χ0) is 9.52. The molecule has 1 aliphatic rings. The van der Waals surface area contributed by atoms with Crippen LogP contribution in [0.5, 0.6) is 0 Å². The Labute approximate surface area is 81.6 Å². The minimum atomic E-state index is 0.0500. The molecule has 0 aromatic heterocycles. The minimum Gasteiger partial charge on any atom is -0.352 e. The third-order valence-electron chi connectivity index (χ3n) is 2.40. The molecule has 0 N–H and O–H groups in total. The second-order valence-electron chi connectivity index (χ2n) is 3.68. The van der Waals surface area contributed by atoms with Gasteiger partial charge in [0.25, 0.3) is 0 Å². The van der Waals surface area contributed by atoms with Gasteiger partial charge in [0.15, 0.2) is 6.29 Å². The van der Waals surface area contributed by atoms with E-state index in [1.165, 1.54) is 12.8 Å². The summed E-state index contributed by atoms with van der Waals surface area (Å²) in [4.78, 5) is 0. The number of hydrogen-bond acceptors (Lipinski definition) is 2. The molecule has 0 unspecified atom stereocenters. The van der Waals surface area contributed by atoms with Crippen molar-refractivity contribution < 1.29 is 9.47 Å². The number of rotatable bonds is 5. The lowest BCUT2D eigenvalue weighted by Gasteiger charge is -2.29. The van der Waals surface area contributed by atoms with E-state index < -0.39 is 0 Å². The summed E-state index contributed by atoms with van der Waals surface area (Å²) in [5, 5.41) is 0. The van der Waals surface area contributed by atoms with Crippen LogP contribution in [0.4, 0.5) is 0 Å². The first-order valence-corrected chi connectivity index (χ1v) is 5.30. The van der Waals surface area contributed by atoms with Gasteiger partial charge in [-0.2, -0.15) is 0 Å². The van der Waals surface area contributed by atoms with E-state index in [0.717, 1.165) is 32.5 Å². The molecule has 2 heteroatoms. The Bertz CT molecular complexity index is 117. The Morgan fingerprint density at radius 2 is 1.92 bits per heavy atom. The Morgan fingerprint density at radius 1 is 1.23 bits per heavy atom. The molecule has 0 bridgehead atoms. The topological polar surface area (TPSA) is 18.5 Å². The Balaban J connectivity index is 2.08. The van der Waals surface area contributed by atoms with Crippen LogP contribution in [0.2, 0.25) is 0 Å². The highest BCUT2D eigenvalue weighted by Gasteiger charge is 2.20. The van der Waals surface area contributed by atoms with E-state index in [1.54, 1.807) is 0 Å². The molecule has 1 aliphatic heterocycles. The maximum absolute atomic E-state index is 5.57. The molecule has 0 atom stereocenters. The van der Waals surface area contributed by atoms with Gasteiger partial charge in [-0.25, -0.2) is 0 Å². The van der Waals surface area contributed by atoms with Gasteiger partial charge in [0.2, 0.25) is 0 Å². The summed E-state index contributed by atoms with van der Waals surface area (Å²) in [5.74, 6) is 0.517. The Morgan fingerprint density at radius 3 is 2.46 bits per heavy atom. The fourth-order valence-electron chi connectivity index (χ4n) is 1.52. The van der Waals surface area contributed by atoms with Crippen LogP contribution < -0.4 is 0 Å². The predicted molar refractivity (Wildman–Crippen MR) is 52.2 cm³/mol. The van der Waals surface area contributed by atoms with Crippen LogP contribution in [0.25, 0.3) is 0 Å².